The number of nitrogens with one attached hydrogen (secondary N) is 2. The molecule has 0 spiro atoms. The highest BCUT2D eigenvalue weighted by atomic mass is 16.5. The van der Waals surface area contributed by atoms with Crippen molar-refractivity contribution in [3.8, 4) is 0 Å². The van der Waals surface area contributed by atoms with Gasteiger partial charge in [0.25, 0.3) is 0 Å². The van der Waals surface area contributed by atoms with Gasteiger partial charge in [-0.15, -0.1) is 0 Å². The molecule has 1 aliphatic carbocycles. The average molecular weight is 254 g/mol. The van der Waals surface area contributed by atoms with Crippen molar-refractivity contribution in [3.63, 3.8) is 0 Å². The van der Waals surface area contributed by atoms with E-state index in [2.05, 4.69) is 39.7 Å². The number of guanidine groups is 1. The summed E-state index contributed by atoms with van der Waals surface area (Å²) in [6.45, 7) is 3.60. The number of methoxy groups -OCH3 is 1. The van der Waals surface area contributed by atoms with Crippen molar-refractivity contribution in [1.29, 1.82) is 0 Å². The standard InChI is InChI=1S/C13H26N4O/c1-14-13(16-12-6-4-5-7-12)15-8-9-17(2)10-11-18-3/h4-5,12H,6-11H2,1-3H3,(H2,14,15,16). The van der Waals surface area contributed by atoms with Crippen LogP contribution in [-0.4, -0.2) is 64.3 Å². The third-order valence-electron chi connectivity index (χ3n) is 3.04. The molecule has 0 aromatic rings. The Labute approximate surface area is 110 Å². The molecule has 5 heteroatoms. The fraction of sp³-hybridized carbons (Fsp3) is 0.769. The zero-order valence-electron chi connectivity index (χ0n) is 11.8. The predicted octanol–water partition coefficient (Wildman–Crippen LogP) is 0.448. The van der Waals surface area contributed by atoms with Crippen molar-refractivity contribution >= 4 is 5.96 Å². The average Bonchev–Trinajstić information content (AvgIpc) is 2.88. The fourth-order valence-corrected chi connectivity index (χ4v) is 1.85. The summed E-state index contributed by atoms with van der Waals surface area (Å²) >= 11 is 0. The zero-order valence-corrected chi connectivity index (χ0v) is 11.8. The first kappa shape index (κ1) is 15.0. The van der Waals surface area contributed by atoms with Crippen molar-refractivity contribution in [3.05, 3.63) is 12.2 Å². The van der Waals surface area contributed by atoms with Gasteiger partial charge in [-0.25, -0.2) is 0 Å². The molecule has 2 N–H and O–H groups in total. The summed E-state index contributed by atoms with van der Waals surface area (Å²) in [5.74, 6) is 0.892. The molecule has 0 saturated heterocycles. The molecule has 1 rings (SSSR count). The van der Waals surface area contributed by atoms with Gasteiger partial charge in [0.2, 0.25) is 0 Å². The van der Waals surface area contributed by atoms with Gasteiger partial charge in [-0.2, -0.15) is 0 Å². The Bertz CT molecular complexity index is 270. The third-order valence-corrected chi connectivity index (χ3v) is 3.04. The smallest absolute Gasteiger partial charge is 0.191 e. The van der Waals surface area contributed by atoms with Crippen LogP contribution in [0.2, 0.25) is 0 Å². The van der Waals surface area contributed by atoms with Crippen LogP contribution in [0, 0.1) is 0 Å². The van der Waals surface area contributed by atoms with Crippen LogP contribution in [0.15, 0.2) is 17.1 Å². The maximum absolute atomic E-state index is 5.04. The summed E-state index contributed by atoms with van der Waals surface area (Å²) in [5, 5.41) is 6.75. The van der Waals surface area contributed by atoms with Crippen molar-refractivity contribution in [2.45, 2.75) is 18.9 Å². The van der Waals surface area contributed by atoms with Crippen molar-refractivity contribution in [1.82, 2.24) is 15.5 Å². The summed E-state index contributed by atoms with van der Waals surface area (Å²) in [7, 11) is 5.64. The number of hydrogen-bond donors (Lipinski definition) is 2. The number of hydrogen-bond acceptors (Lipinski definition) is 3. The van der Waals surface area contributed by atoms with Gasteiger partial charge in [-0.3, -0.25) is 4.99 Å². The van der Waals surface area contributed by atoms with Gasteiger partial charge in [0.15, 0.2) is 5.96 Å². The first-order chi connectivity index (χ1) is 8.76. The van der Waals surface area contributed by atoms with E-state index in [0.717, 1.165) is 45.0 Å². The van der Waals surface area contributed by atoms with Gasteiger partial charge >= 0.3 is 0 Å². The molecule has 0 amide bonds. The third kappa shape index (κ3) is 6.02. The van der Waals surface area contributed by atoms with Crippen molar-refractivity contribution < 1.29 is 4.74 Å². The fourth-order valence-electron chi connectivity index (χ4n) is 1.85. The van der Waals surface area contributed by atoms with E-state index >= 15 is 0 Å². The molecule has 0 radical (unpaired) electrons. The van der Waals surface area contributed by atoms with Crippen LogP contribution in [0.5, 0.6) is 0 Å². The Morgan fingerprint density at radius 2 is 2.11 bits per heavy atom. The highest BCUT2D eigenvalue weighted by Crippen LogP contribution is 2.08. The van der Waals surface area contributed by atoms with Gasteiger partial charge in [0.05, 0.1) is 6.61 Å². The number of aliphatic imine (C=N–C) groups is 1. The molecule has 18 heavy (non-hydrogen) atoms. The molecule has 1 aliphatic rings. The summed E-state index contributed by atoms with van der Waals surface area (Å²) in [5.41, 5.74) is 0. The van der Waals surface area contributed by atoms with Gasteiger partial charge < -0.3 is 20.3 Å². The van der Waals surface area contributed by atoms with Crippen LogP contribution in [0.3, 0.4) is 0 Å². The second-order valence-corrected chi connectivity index (χ2v) is 4.58. The monoisotopic (exact) mass is 254 g/mol. The molecule has 0 atom stereocenters. The molecule has 0 bridgehead atoms. The largest absolute Gasteiger partial charge is 0.383 e. The molecule has 0 aliphatic heterocycles. The highest BCUT2D eigenvalue weighted by molar-refractivity contribution is 5.80. The molecule has 0 aromatic carbocycles. The summed E-state index contributed by atoms with van der Waals surface area (Å²) in [6, 6.07) is 0.502. The Balaban J connectivity index is 2.11. The van der Waals surface area contributed by atoms with Crippen LogP contribution in [0.1, 0.15) is 12.8 Å². The molecule has 0 fully saturated rings. The summed E-state index contributed by atoms with van der Waals surface area (Å²) < 4.78 is 5.04. The second kappa shape index (κ2) is 8.94. The number of likely N-dealkylation sites (N-methyl/N-ethyl adjacent to an activating group) is 1. The highest BCUT2D eigenvalue weighted by Gasteiger charge is 2.11. The van der Waals surface area contributed by atoms with Gasteiger partial charge in [0, 0.05) is 39.8 Å². The molecule has 0 aromatic heterocycles. The lowest BCUT2D eigenvalue weighted by molar-refractivity contribution is 0.162. The minimum Gasteiger partial charge on any atom is -0.383 e. The van der Waals surface area contributed by atoms with Gasteiger partial charge in [-0.05, 0) is 19.9 Å². The van der Waals surface area contributed by atoms with E-state index in [0.29, 0.717) is 6.04 Å². The molecule has 0 heterocycles. The maximum Gasteiger partial charge on any atom is 0.191 e. The van der Waals surface area contributed by atoms with Crippen LogP contribution in [-0.2, 0) is 4.74 Å². The quantitative estimate of drug-likeness (QED) is 0.393. The van der Waals surface area contributed by atoms with E-state index in [-0.39, 0.29) is 0 Å². The Kier molecular flexibility index (Phi) is 7.44. The Hall–Kier alpha value is -1.07. The lowest BCUT2D eigenvalue weighted by Crippen LogP contribution is -2.44. The minimum absolute atomic E-state index is 0.502. The zero-order chi connectivity index (χ0) is 13.2. The van der Waals surface area contributed by atoms with Crippen molar-refractivity contribution in [2.75, 3.05) is 47.4 Å². The summed E-state index contributed by atoms with van der Waals surface area (Å²) in [6.07, 6.45) is 6.61. The normalized spacial score (nSPS) is 16.6. The number of ether oxygens (including phenoxy) is 1. The van der Waals surface area contributed by atoms with E-state index < -0.39 is 0 Å². The minimum atomic E-state index is 0.502. The number of nitrogens with zero attached hydrogens (tertiary/aromatic N) is 2. The van der Waals surface area contributed by atoms with Crippen LogP contribution >= 0.6 is 0 Å². The van der Waals surface area contributed by atoms with E-state index in [4.69, 9.17) is 4.74 Å². The molecule has 0 saturated carbocycles. The van der Waals surface area contributed by atoms with Crippen molar-refractivity contribution in [2.24, 2.45) is 4.99 Å². The van der Waals surface area contributed by atoms with E-state index in [9.17, 15) is 0 Å². The Morgan fingerprint density at radius 3 is 2.72 bits per heavy atom. The van der Waals surface area contributed by atoms with Gasteiger partial charge in [-0.1, -0.05) is 12.2 Å². The topological polar surface area (TPSA) is 48.9 Å². The maximum atomic E-state index is 5.04. The molecular formula is C13H26N4O. The van der Waals surface area contributed by atoms with Crippen LogP contribution in [0.4, 0.5) is 0 Å². The Morgan fingerprint density at radius 1 is 1.39 bits per heavy atom. The lowest BCUT2D eigenvalue weighted by Gasteiger charge is -2.19. The molecule has 5 nitrogen and oxygen atoms in total. The molecular weight excluding hydrogens is 228 g/mol. The van der Waals surface area contributed by atoms with Gasteiger partial charge in [0.1, 0.15) is 0 Å². The predicted molar refractivity (Wildman–Crippen MR) is 76.0 cm³/mol. The van der Waals surface area contributed by atoms with E-state index in [1.807, 2.05) is 7.05 Å². The van der Waals surface area contributed by atoms with Crippen LogP contribution < -0.4 is 10.6 Å². The SMILES string of the molecule is CN=C(NCCN(C)CCOC)NC1CC=CC1. The van der Waals surface area contributed by atoms with Crippen LogP contribution in [0.25, 0.3) is 0 Å². The van der Waals surface area contributed by atoms with E-state index in [1.165, 1.54) is 0 Å². The van der Waals surface area contributed by atoms with E-state index in [1.54, 1.807) is 7.11 Å². The first-order valence-corrected chi connectivity index (χ1v) is 6.56. The second-order valence-electron chi connectivity index (χ2n) is 4.58. The number of rotatable bonds is 7. The lowest BCUT2D eigenvalue weighted by atomic mass is 10.2. The first-order valence-electron chi connectivity index (χ1n) is 6.56. The molecule has 0 unspecified atom stereocenters. The summed E-state index contributed by atoms with van der Waals surface area (Å²) in [4.78, 5) is 6.47. The molecule has 104 valence electrons.